The Hall–Kier alpha value is -2.24. The van der Waals surface area contributed by atoms with E-state index in [1.807, 2.05) is 0 Å². The Morgan fingerprint density at radius 2 is 2.31 bits per heavy atom. The molecular formula is C10H11N5O. The van der Waals surface area contributed by atoms with Crippen molar-refractivity contribution in [3.05, 3.63) is 36.2 Å². The number of aromatic nitrogens is 4. The lowest BCUT2D eigenvalue weighted by molar-refractivity contribution is 0.0986. The van der Waals surface area contributed by atoms with Crippen molar-refractivity contribution in [2.75, 3.05) is 5.73 Å². The SMILES string of the molecule is Cn1ncnc1CC(=O)c1ncccc1N. The number of hydrogen-bond acceptors (Lipinski definition) is 5. The third-order valence-corrected chi connectivity index (χ3v) is 2.23. The molecule has 0 bridgehead atoms. The van der Waals surface area contributed by atoms with E-state index >= 15 is 0 Å². The molecule has 16 heavy (non-hydrogen) atoms. The van der Waals surface area contributed by atoms with E-state index in [9.17, 15) is 4.79 Å². The van der Waals surface area contributed by atoms with Gasteiger partial charge in [-0.15, -0.1) is 0 Å². The Morgan fingerprint density at radius 1 is 1.50 bits per heavy atom. The van der Waals surface area contributed by atoms with Crippen molar-refractivity contribution < 1.29 is 4.79 Å². The molecule has 0 fully saturated rings. The molecule has 6 heteroatoms. The first-order chi connectivity index (χ1) is 7.68. The fraction of sp³-hybridized carbons (Fsp3) is 0.200. The minimum atomic E-state index is -0.158. The van der Waals surface area contributed by atoms with Gasteiger partial charge in [0.05, 0.1) is 12.1 Å². The van der Waals surface area contributed by atoms with Gasteiger partial charge in [-0.1, -0.05) is 0 Å². The molecule has 2 heterocycles. The average Bonchev–Trinajstić information content (AvgIpc) is 2.65. The van der Waals surface area contributed by atoms with E-state index in [0.29, 0.717) is 11.5 Å². The molecule has 2 N–H and O–H groups in total. The number of rotatable bonds is 3. The number of hydrogen-bond donors (Lipinski definition) is 1. The second-order valence-corrected chi connectivity index (χ2v) is 3.34. The van der Waals surface area contributed by atoms with Gasteiger partial charge in [-0.2, -0.15) is 5.10 Å². The Kier molecular flexibility index (Phi) is 2.63. The van der Waals surface area contributed by atoms with Crippen LogP contribution in [-0.2, 0) is 13.5 Å². The standard InChI is InChI=1S/C10H11N5O/c1-15-9(13-6-14-15)5-8(16)10-7(11)3-2-4-12-10/h2-4,6H,5,11H2,1H3. The Labute approximate surface area is 92.1 Å². The maximum absolute atomic E-state index is 11.9. The van der Waals surface area contributed by atoms with Gasteiger partial charge in [-0.3, -0.25) is 14.5 Å². The normalized spacial score (nSPS) is 10.3. The minimum absolute atomic E-state index is 0.151. The fourth-order valence-corrected chi connectivity index (χ4v) is 1.36. The van der Waals surface area contributed by atoms with Crippen LogP contribution in [0.15, 0.2) is 24.7 Å². The summed E-state index contributed by atoms with van der Waals surface area (Å²) < 4.78 is 1.55. The van der Waals surface area contributed by atoms with Gasteiger partial charge in [-0.25, -0.2) is 4.98 Å². The number of nitrogens with two attached hydrogens (primary N) is 1. The lowest BCUT2D eigenvalue weighted by atomic mass is 10.1. The molecule has 6 nitrogen and oxygen atoms in total. The first-order valence-electron chi connectivity index (χ1n) is 4.75. The van der Waals surface area contributed by atoms with E-state index in [4.69, 9.17) is 5.73 Å². The number of nitrogen functional groups attached to an aromatic ring is 1. The Bertz CT molecular complexity index is 519. The molecule has 0 aromatic carbocycles. The summed E-state index contributed by atoms with van der Waals surface area (Å²) in [5.41, 5.74) is 6.33. The van der Waals surface area contributed by atoms with E-state index in [2.05, 4.69) is 15.1 Å². The summed E-state index contributed by atoms with van der Waals surface area (Å²) >= 11 is 0. The monoisotopic (exact) mass is 217 g/mol. The molecule has 0 radical (unpaired) electrons. The van der Waals surface area contributed by atoms with Crippen LogP contribution < -0.4 is 5.73 Å². The highest BCUT2D eigenvalue weighted by Gasteiger charge is 2.14. The number of nitrogens with zero attached hydrogens (tertiary/aromatic N) is 4. The lowest BCUT2D eigenvalue weighted by Gasteiger charge is -2.02. The summed E-state index contributed by atoms with van der Waals surface area (Å²) in [6.07, 6.45) is 3.10. The van der Waals surface area contributed by atoms with Gasteiger partial charge in [0, 0.05) is 13.2 Å². The summed E-state index contributed by atoms with van der Waals surface area (Å²) in [5, 5.41) is 3.89. The molecule has 2 rings (SSSR count). The molecule has 82 valence electrons. The highest BCUT2D eigenvalue weighted by molar-refractivity contribution is 5.99. The molecule has 0 spiro atoms. The smallest absolute Gasteiger partial charge is 0.190 e. The summed E-state index contributed by atoms with van der Waals surface area (Å²) in [6.45, 7) is 0. The molecule has 0 aliphatic rings. The van der Waals surface area contributed by atoms with Crippen LogP contribution >= 0.6 is 0 Å². The second-order valence-electron chi connectivity index (χ2n) is 3.34. The zero-order valence-corrected chi connectivity index (χ0v) is 8.79. The maximum Gasteiger partial charge on any atom is 0.190 e. The highest BCUT2D eigenvalue weighted by atomic mass is 16.1. The topological polar surface area (TPSA) is 86.7 Å². The molecule has 0 saturated heterocycles. The van der Waals surface area contributed by atoms with Crippen molar-refractivity contribution in [3.63, 3.8) is 0 Å². The summed E-state index contributed by atoms with van der Waals surface area (Å²) in [6, 6.07) is 3.34. The number of carbonyl (C=O) groups is 1. The predicted octanol–water partition coefficient (Wildman–Crippen LogP) is 0.218. The number of pyridine rings is 1. The van der Waals surface area contributed by atoms with Crippen LogP contribution in [0.25, 0.3) is 0 Å². The molecule has 2 aromatic heterocycles. The van der Waals surface area contributed by atoms with Gasteiger partial charge in [-0.05, 0) is 12.1 Å². The van der Waals surface area contributed by atoms with E-state index in [1.165, 1.54) is 6.33 Å². The van der Waals surface area contributed by atoms with Crippen LogP contribution in [0.2, 0.25) is 0 Å². The second kappa shape index (κ2) is 4.09. The molecule has 0 saturated carbocycles. The van der Waals surface area contributed by atoms with E-state index in [-0.39, 0.29) is 17.9 Å². The average molecular weight is 217 g/mol. The van der Waals surface area contributed by atoms with Crippen LogP contribution in [0.4, 0.5) is 5.69 Å². The van der Waals surface area contributed by atoms with Crippen LogP contribution in [0, 0.1) is 0 Å². The number of Topliss-reactive ketones (excluding diaryl/α,β-unsaturated/α-hetero) is 1. The van der Waals surface area contributed by atoms with Gasteiger partial charge in [0.2, 0.25) is 0 Å². The van der Waals surface area contributed by atoms with Crippen LogP contribution in [-0.4, -0.2) is 25.5 Å². The maximum atomic E-state index is 11.9. The number of carbonyl (C=O) groups excluding carboxylic acids is 1. The van der Waals surface area contributed by atoms with Gasteiger partial charge in [0.15, 0.2) is 5.78 Å². The third kappa shape index (κ3) is 1.90. The molecule has 0 unspecified atom stereocenters. The predicted molar refractivity (Wildman–Crippen MR) is 57.7 cm³/mol. The van der Waals surface area contributed by atoms with E-state index in [0.717, 1.165) is 0 Å². The fourth-order valence-electron chi connectivity index (χ4n) is 1.36. The first-order valence-corrected chi connectivity index (χ1v) is 4.75. The van der Waals surface area contributed by atoms with Crippen molar-refractivity contribution in [1.29, 1.82) is 0 Å². The summed E-state index contributed by atoms with van der Waals surface area (Å²) in [7, 11) is 1.73. The van der Waals surface area contributed by atoms with Crippen molar-refractivity contribution in [3.8, 4) is 0 Å². The van der Waals surface area contributed by atoms with Gasteiger partial charge in [0.25, 0.3) is 0 Å². The van der Waals surface area contributed by atoms with Gasteiger partial charge in [0.1, 0.15) is 17.8 Å². The molecule has 0 atom stereocenters. The van der Waals surface area contributed by atoms with Crippen molar-refractivity contribution in [2.24, 2.45) is 7.05 Å². The molecule has 0 aliphatic carbocycles. The van der Waals surface area contributed by atoms with Crippen LogP contribution in [0.3, 0.4) is 0 Å². The summed E-state index contributed by atoms with van der Waals surface area (Å²) in [4.78, 5) is 19.8. The number of aryl methyl sites for hydroxylation is 1. The first kappa shape index (κ1) is 10.3. The highest BCUT2D eigenvalue weighted by Crippen LogP contribution is 2.10. The molecule has 0 aliphatic heterocycles. The Balaban J connectivity index is 2.22. The largest absolute Gasteiger partial charge is 0.397 e. The Morgan fingerprint density at radius 3 is 2.94 bits per heavy atom. The van der Waals surface area contributed by atoms with E-state index < -0.39 is 0 Å². The van der Waals surface area contributed by atoms with Crippen molar-refractivity contribution in [2.45, 2.75) is 6.42 Å². The van der Waals surface area contributed by atoms with Crippen molar-refractivity contribution in [1.82, 2.24) is 19.7 Å². The number of ketones is 1. The van der Waals surface area contributed by atoms with Crippen molar-refractivity contribution >= 4 is 11.5 Å². The minimum Gasteiger partial charge on any atom is -0.397 e. The van der Waals surface area contributed by atoms with Crippen LogP contribution in [0.5, 0.6) is 0 Å². The van der Waals surface area contributed by atoms with Crippen LogP contribution in [0.1, 0.15) is 16.3 Å². The third-order valence-electron chi connectivity index (χ3n) is 2.23. The summed E-state index contributed by atoms with van der Waals surface area (Å²) in [5.74, 6) is 0.434. The van der Waals surface area contributed by atoms with Gasteiger partial charge < -0.3 is 5.73 Å². The molecular weight excluding hydrogens is 206 g/mol. The zero-order chi connectivity index (χ0) is 11.5. The molecule has 0 amide bonds. The van der Waals surface area contributed by atoms with E-state index in [1.54, 1.807) is 30.1 Å². The van der Waals surface area contributed by atoms with Gasteiger partial charge >= 0.3 is 0 Å². The quantitative estimate of drug-likeness (QED) is 0.743. The zero-order valence-electron chi connectivity index (χ0n) is 8.79. The molecule has 2 aromatic rings. The number of anilines is 1. The lowest BCUT2D eigenvalue weighted by Crippen LogP contribution is -2.12.